The van der Waals surface area contributed by atoms with Crippen LogP contribution < -0.4 is 5.32 Å². The molecule has 0 bridgehead atoms. The lowest BCUT2D eigenvalue weighted by Crippen LogP contribution is -2.46. The highest BCUT2D eigenvalue weighted by atomic mass is 79.9. The van der Waals surface area contributed by atoms with E-state index in [1.807, 2.05) is 6.07 Å². The molecular formula is C16H23BrClFN2. The molecule has 2 nitrogen and oxygen atoms in total. The Hall–Kier alpha value is -0.160. The Morgan fingerprint density at radius 1 is 1.19 bits per heavy atom. The van der Waals surface area contributed by atoms with Crippen molar-refractivity contribution in [2.75, 3.05) is 26.2 Å². The molecule has 1 heterocycles. The lowest BCUT2D eigenvalue weighted by atomic mass is 9.89. The van der Waals surface area contributed by atoms with Gasteiger partial charge in [0.15, 0.2) is 0 Å². The van der Waals surface area contributed by atoms with E-state index >= 15 is 0 Å². The van der Waals surface area contributed by atoms with Crippen LogP contribution in [0.25, 0.3) is 0 Å². The topological polar surface area (TPSA) is 15.3 Å². The SMILES string of the molecule is Cl.Fc1cc([C@H](C2CCCC2)N2CCNCC2)ccc1Br. The summed E-state index contributed by atoms with van der Waals surface area (Å²) in [5, 5.41) is 3.41. The summed E-state index contributed by atoms with van der Waals surface area (Å²) in [5.41, 5.74) is 1.15. The Bertz CT molecular complexity index is 460. The predicted octanol–water partition coefficient (Wildman–Crippen LogP) is 4.15. The normalized spacial score (nSPS) is 22.0. The van der Waals surface area contributed by atoms with Crippen LogP contribution in [-0.2, 0) is 0 Å². The Labute approximate surface area is 141 Å². The fraction of sp³-hybridized carbons (Fsp3) is 0.625. The summed E-state index contributed by atoms with van der Waals surface area (Å²) in [7, 11) is 0. The van der Waals surface area contributed by atoms with Gasteiger partial charge in [-0.25, -0.2) is 4.39 Å². The van der Waals surface area contributed by atoms with E-state index in [-0.39, 0.29) is 18.2 Å². The highest BCUT2D eigenvalue weighted by Crippen LogP contribution is 2.40. The van der Waals surface area contributed by atoms with Crippen molar-refractivity contribution in [2.45, 2.75) is 31.7 Å². The summed E-state index contributed by atoms with van der Waals surface area (Å²) in [6.07, 6.45) is 5.22. The molecule has 0 unspecified atom stereocenters. The van der Waals surface area contributed by atoms with Gasteiger partial charge in [0.05, 0.1) is 4.47 Å². The Kier molecular flexibility index (Phi) is 6.48. The molecule has 0 amide bonds. The molecule has 1 atom stereocenters. The van der Waals surface area contributed by atoms with Gasteiger partial charge in [-0.1, -0.05) is 18.9 Å². The van der Waals surface area contributed by atoms with Crippen molar-refractivity contribution in [3.8, 4) is 0 Å². The molecule has 1 N–H and O–H groups in total. The number of halogens is 3. The maximum atomic E-state index is 13.9. The second-order valence-corrected chi connectivity index (χ2v) is 6.80. The van der Waals surface area contributed by atoms with E-state index in [4.69, 9.17) is 0 Å². The first-order chi connectivity index (χ1) is 9.75. The van der Waals surface area contributed by atoms with Crippen molar-refractivity contribution in [1.29, 1.82) is 0 Å². The number of nitrogens with one attached hydrogen (secondary N) is 1. The summed E-state index contributed by atoms with van der Waals surface area (Å²) in [4.78, 5) is 2.55. The lowest BCUT2D eigenvalue weighted by molar-refractivity contribution is 0.125. The van der Waals surface area contributed by atoms with E-state index in [0.29, 0.717) is 16.4 Å². The number of hydrogen-bond acceptors (Lipinski definition) is 2. The molecule has 1 saturated carbocycles. The molecule has 21 heavy (non-hydrogen) atoms. The van der Waals surface area contributed by atoms with Gasteiger partial charge in [0.2, 0.25) is 0 Å². The summed E-state index contributed by atoms with van der Waals surface area (Å²) < 4.78 is 14.5. The lowest BCUT2D eigenvalue weighted by Gasteiger charge is -2.38. The van der Waals surface area contributed by atoms with Gasteiger partial charge in [-0.05, 0) is 52.4 Å². The van der Waals surface area contributed by atoms with E-state index in [9.17, 15) is 4.39 Å². The molecule has 1 aliphatic carbocycles. The number of hydrogen-bond donors (Lipinski definition) is 1. The maximum absolute atomic E-state index is 13.9. The zero-order valence-corrected chi connectivity index (χ0v) is 14.6. The summed E-state index contributed by atoms with van der Waals surface area (Å²) in [6.45, 7) is 4.22. The van der Waals surface area contributed by atoms with Crippen LogP contribution in [-0.4, -0.2) is 31.1 Å². The highest BCUT2D eigenvalue weighted by molar-refractivity contribution is 9.10. The molecule has 1 aromatic carbocycles. The van der Waals surface area contributed by atoms with Crippen LogP contribution in [0, 0.1) is 11.7 Å². The third-order valence-corrected chi connectivity index (χ3v) is 5.32. The summed E-state index contributed by atoms with van der Waals surface area (Å²) in [6, 6.07) is 6.07. The van der Waals surface area contributed by atoms with Crippen LogP contribution in [0.3, 0.4) is 0 Å². The minimum atomic E-state index is -0.138. The zero-order chi connectivity index (χ0) is 13.9. The molecule has 0 spiro atoms. The first-order valence-electron chi connectivity index (χ1n) is 7.65. The number of nitrogens with zero attached hydrogens (tertiary/aromatic N) is 1. The first-order valence-corrected chi connectivity index (χ1v) is 8.45. The Morgan fingerprint density at radius 2 is 1.86 bits per heavy atom. The average molecular weight is 378 g/mol. The van der Waals surface area contributed by atoms with Crippen molar-refractivity contribution in [3.63, 3.8) is 0 Å². The third-order valence-electron chi connectivity index (χ3n) is 4.68. The van der Waals surface area contributed by atoms with E-state index in [1.165, 1.54) is 25.7 Å². The van der Waals surface area contributed by atoms with Gasteiger partial charge in [0.1, 0.15) is 5.82 Å². The van der Waals surface area contributed by atoms with E-state index in [1.54, 1.807) is 6.07 Å². The number of rotatable bonds is 3. The Morgan fingerprint density at radius 3 is 2.48 bits per heavy atom. The molecule has 0 radical (unpaired) electrons. The second-order valence-electron chi connectivity index (χ2n) is 5.95. The quantitative estimate of drug-likeness (QED) is 0.851. The minimum Gasteiger partial charge on any atom is -0.314 e. The van der Waals surface area contributed by atoms with Crippen molar-refractivity contribution in [1.82, 2.24) is 10.2 Å². The molecule has 2 fully saturated rings. The highest BCUT2D eigenvalue weighted by Gasteiger charge is 2.32. The molecule has 0 aromatic heterocycles. The predicted molar refractivity (Wildman–Crippen MR) is 90.5 cm³/mol. The van der Waals surface area contributed by atoms with Crippen LogP contribution in [0.4, 0.5) is 4.39 Å². The van der Waals surface area contributed by atoms with Gasteiger partial charge in [0.25, 0.3) is 0 Å². The third kappa shape index (κ3) is 3.98. The second kappa shape index (κ2) is 7.91. The van der Waals surface area contributed by atoms with E-state index < -0.39 is 0 Å². The largest absolute Gasteiger partial charge is 0.314 e. The van der Waals surface area contributed by atoms with E-state index in [0.717, 1.165) is 31.7 Å². The minimum absolute atomic E-state index is 0. The number of benzene rings is 1. The van der Waals surface area contributed by atoms with Crippen LogP contribution in [0.2, 0.25) is 0 Å². The van der Waals surface area contributed by atoms with Crippen molar-refractivity contribution in [3.05, 3.63) is 34.1 Å². The van der Waals surface area contributed by atoms with Gasteiger partial charge in [-0.2, -0.15) is 0 Å². The van der Waals surface area contributed by atoms with Crippen molar-refractivity contribution < 1.29 is 4.39 Å². The molecule has 1 saturated heterocycles. The van der Waals surface area contributed by atoms with Gasteiger partial charge in [-0.3, -0.25) is 4.90 Å². The molecule has 1 aromatic rings. The van der Waals surface area contributed by atoms with Gasteiger partial charge in [-0.15, -0.1) is 12.4 Å². The first kappa shape index (κ1) is 17.2. The standard InChI is InChI=1S/C16H22BrFN2.ClH/c17-14-6-5-13(11-15(14)18)16(12-3-1-2-4-12)20-9-7-19-8-10-20;/h5-6,11-12,16,19H,1-4,7-10H2;1H/t16-;/m0./s1. The Balaban J connectivity index is 0.00000161. The van der Waals surface area contributed by atoms with Crippen molar-refractivity contribution >= 4 is 28.3 Å². The van der Waals surface area contributed by atoms with Gasteiger partial charge < -0.3 is 5.32 Å². The molecule has 3 rings (SSSR count). The van der Waals surface area contributed by atoms with Crippen molar-refractivity contribution in [2.24, 2.45) is 5.92 Å². The monoisotopic (exact) mass is 376 g/mol. The molecule has 118 valence electrons. The zero-order valence-electron chi connectivity index (χ0n) is 12.2. The molecule has 1 aliphatic heterocycles. The van der Waals surface area contributed by atoms with Gasteiger partial charge in [0, 0.05) is 32.2 Å². The van der Waals surface area contributed by atoms with Crippen LogP contribution >= 0.6 is 28.3 Å². The summed E-state index contributed by atoms with van der Waals surface area (Å²) in [5.74, 6) is 0.550. The van der Waals surface area contributed by atoms with Crippen LogP contribution in [0.1, 0.15) is 37.3 Å². The number of piperazine rings is 1. The average Bonchev–Trinajstić information content (AvgIpc) is 2.98. The van der Waals surface area contributed by atoms with E-state index in [2.05, 4.69) is 32.2 Å². The maximum Gasteiger partial charge on any atom is 0.137 e. The smallest absolute Gasteiger partial charge is 0.137 e. The fourth-order valence-corrected chi connectivity index (χ4v) is 3.96. The molecule has 5 heteroatoms. The fourth-order valence-electron chi connectivity index (χ4n) is 3.71. The van der Waals surface area contributed by atoms with Crippen LogP contribution in [0.5, 0.6) is 0 Å². The van der Waals surface area contributed by atoms with Gasteiger partial charge >= 0.3 is 0 Å². The molecular weight excluding hydrogens is 355 g/mol. The van der Waals surface area contributed by atoms with Crippen LogP contribution in [0.15, 0.2) is 22.7 Å². The molecule has 2 aliphatic rings. The summed E-state index contributed by atoms with van der Waals surface area (Å²) >= 11 is 3.26.